The molecule has 0 spiro atoms. The van der Waals surface area contributed by atoms with Crippen LogP contribution >= 0.6 is 23.5 Å². The summed E-state index contributed by atoms with van der Waals surface area (Å²) in [5.41, 5.74) is 5.60. The Labute approximate surface area is 127 Å². The lowest BCUT2D eigenvalue weighted by molar-refractivity contribution is 0.579. The van der Waals surface area contributed by atoms with E-state index in [2.05, 4.69) is 4.72 Å². The van der Waals surface area contributed by atoms with Gasteiger partial charge in [0.15, 0.2) is 0 Å². The molecule has 1 aromatic carbocycles. The van der Waals surface area contributed by atoms with Gasteiger partial charge in [-0.05, 0) is 18.2 Å². The maximum absolute atomic E-state index is 13.3. The summed E-state index contributed by atoms with van der Waals surface area (Å²) >= 11 is 3.62. The minimum absolute atomic E-state index is 0.0235. The van der Waals surface area contributed by atoms with E-state index >= 15 is 0 Å². The van der Waals surface area contributed by atoms with Crippen LogP contribution in [0.4, 0.5) is 4.39 Å². The van der Waals surface area contributed by atoms with Gasteiger partial charge in [-0.15, -0.1) is 0 Å². The molecule has 0 saturated carbocycles. The molecule has 112 valence electrons. The van der Waals surface area contributed by atoms with Crippen LogP contribution in [0.5, 0.6) is 0 Å². The van der Waals surface area contributed by atoms with Crippen LogP contribution in [0.1, 0.15) is 5.56 Å². The normalized spacial score (nSPS) is 20.0. The summed E-state index contributed by atoms with van der Waals surface area (Å²) in [6, 6.07) is 3.70. The molecule has 20 heavy (non-hydrogen) atoms. The minimum Gasteiger partial charge on any atom is -0.326 e. The van der Waals surface area contributed by atoms with Gasteiger partial charge in [0.1, 0.15) is 5.82 Å². The number of halogens is 1. The molecule has 4 nitrogen and oxygen atoms in total. The average molecular weight is 336 g/mol. The Morgan fingerprint density at radius 1 is 1.40 bits per heavy atom. The van der Waals surface area contributed by atoms with Gasteiger partial charge in [0.2, 0.25) is 10.0 Å². The van der Waals surface area contributed by atoms with Crippen LogP contribution in [0.3, 0.4) is 0 Å². The van der Waals surface area contributed by atoms with Crippen LogP contribution in [-0.4, -0.2) is 37.5 Å². The van der Waals surface area contributed by atoms with E-state index in [0.717, 1.165) is 23.3 Å². The zero-order chi connectivity index (χ0) is 14.6. The van der Waals surface area contributed by atoms with Crippen molar-refractivity contribution in [3.05, 3.63) is 29.6 Å². The fourth-order valence-electron chi connectivity index (χ4n) is 1.82. The fraction of sp³-hybridized carbons (Fsp3) is 0.500. The Morgan fingerprint density at radius 3 is 2.85 bits per heavy atom. The molecule has 0 aliphatic carbocycles. The number of nitrogens with one attached hydrogen (secondary N) is 1. The average Bonchev–Trinajstić information content (AvgIpc) is 2.46. The van der Waals surface area contributed by atoms with Crippen molar-refractivity contribution in [3.63, 3.8) is 0 Å². The molecule has 1 fully saturated rings. The second kappa shape index (κ2) is 7.13. The fourth-order valence-corrected chi connectivity index (χ4v) is 5.66. The first-order valence-corrected chi connectivity index (χ1v) is 9.89. The highest BCUT2D eigenvalue weighted by Gasteiger charge is 2.20. The summed E-state index contributed by atoms with van der Waals surface area (Å²) in [7, 11) is -3.60. The smallest absolute Gasteiger partial charge is 0.240 e. The number of rotatable bonds is 5. The van der Waals surface area contributed by atoms with Gasteiger partial charge >= 0.3 is 0 Å². The SMILES string of the molecule is NCc1cc(S(=O)(=O)NCC2CSCCS2)ccc1F. The summed E-state index contributed by atoms with van der Waals surface area (Å²) in [4.78, 5) is 0.0628. The van der Waals surface area contributed by atoms with Crippen LogP contribution in [0.2, 0.25) is 0 Å². The highest BCUT2D eigenvalue weighted by Crippen LogP contribution is 2.24. The van der Waals surface area contributed by atoms with Gasteiger partial charge in [-0.2, -0.15) is 23.5 Å². The quantitative estimate of drug-likeness (QED) is 0.851. The third-order valence-corrected chi connectivity index (χ3v) is 7.20. The first-order valence-electron chi connectivity index (χ1n) is 6.20. The van der Waals surface area contributed by atoms with Crippen molar-refractivity contribution < 1.29 is 12.8 Å². The number of hydrogen-bond donors (Lipinski definition) is 2. The van der Waals surface area contributed by atoms with E-state index in [0.29, 0.717) is 6.54 Å². The molecule has 1 unspecified atom stereocenters. The highest BCUT2D eigenvalue weighted by atomic mass is 32.2. The number of thioether (sulfide) groups is 2. The summed E-state index contributed by atoms with van der Waals surface area (Å²) in [5.74, 6) is 2.63. The van der Waals surface area contributed by atoms with Gasteiger partial charge in [-0.25, -0.2) is 17.5 Å². The number of sulfonamides is 1. The predicted molar refractivity (Wildman–Crippen MR) is 83.1 cm³/mol. The monoisotopic (exact) mass is 336 g/mol. The largest absolute Gasteiger partial charge is 0.326 e. The molecule has 8 heteroatoms. The van der Waals surface area contributed by atoms with E-state index in [1.165, 1.54) is 12.1 Å². The van der Waals surface area contributed by atoms with Crippen LogP contribution in [0.25, 0.3) is 0 Å². The maximum atomic E-state index is 13.3. The molecule has 1 aromatic rings. The number of nitrogens with two attached hydrogens (primary N) is 1. The zero-order valence-electron chi connectivity index (χ0n) is 10.8. The molecule has 0 aromatic heterocycles. The predicted octanol–water partition coefficient (Wildman–Crippen LogP) is 1.41. The third-order valence-electron chi connectivity index (χ3n) is 2.93. The van der Waals surface area contributed by atoms with Crippen molar-refractivity contribution in [3.8, 4) is 0 Å². The molecule has 2 rings (SSSR count). The Balaban J connectivity index is 2.05. The molecule has 1 heterocycles. The summed E-state index contributed by atoms with van der Waals surface area (Å²) in [6.07, 6.45) is 0. The van der Waals surface area contributed by atoms with Crippen LogP contribution in [0.15, 0.2) is 23.1 Å². The molecule has 1 aliphatic heterocycles. The van der Waals surface area contributed by atoms with Crippen LogP contribution in [0, 0.1) is 5.82 Å². The second-order valence-corrected chi connectivity index (χ2v) is 8.70. The van der Waals surface area contributed by atoms with Gasteiger partial charge in [0, 0.05) is 41.2 Å². The van der Waals surface area contributed by atoms with Crippen molar-refractivity contribution in [2.45, 2.75) is 16.7 Å². The van der Waals surface area contributed by atoms with Crippen LogP contribution in [-0.2, 0) is 16.6 Å². The van der Waals surface area contributed by atoms with Gasteiger partial charge in [0.05, 0.1) is 4.90 Å². The van der Waals surface area contributed by atoms with Gasteiger partial charge in [-0.3, -0.25) is 0 Å². The maximum Gasteiger partial charge on any atom is 0.240 e. The van der Waals surface area contributed by atoms with Crippen molar-refractivity contribution >= 4 is 33.5 Å². The highest BCUT2D eigenvalue weighted by molar-refractivity contribution is 8.06. The lowest BCUT2D eigenvalue weighted by Gasteiger charge is -2.21. The topological polar surface area (TPSA) is 72.2 Å². The van der Waals surface area contributed by atoms with Crippen molar-refractivity contribution in [2.75, 3.05) is 23.8 Å². The van der Waals surface area contributed by atoms with E-state index in [-0.39, 0.29) is 22.3 Å². The number of hydrogen-bond acceptors (Lipinski definition) is 5. The van der Waals surface area contributed by atoms with Gasteiger partial charge in [-0.1, -0.05) is 0 Å². The zero-order valence-corrected chi connectivity index (χ0v) is 13.3. The molecular weight excluding hydrogens is 319 g/mol. The first-order chi connectivity index (χ1) is 9.53. The van der Waals surface area contributed by atoms with Crippen molar-refractivity contribution in [1.29, 1.82) is 0 Å². The van der Waals surface area contributed by atoms with E-state index in [1.807, 2.05) is 11.8 Å². The van der Waals surface area contributed by atoms with Gasteiger partial charge < -0.3 is 5.73 Å². The summed E-state index contributed by atoms with van der Waals surface area (Å²) < 4.78 is 40.3. The molecule has 1 atom stereocenters. The van der Waals surface area contributed by atoms with E-state index in [1.54, 1.807) is 11.8 Å². The first kappa shape index (κ1) is 16.1. The standard InChI is InChI=1S/C12H17FN2O2S3/c13-12-2-1-11(5-9(12)6-14)20(16,17)15-7-10-8-18-3-4-19-10/h1-2,5,10,15H,3-4,6-8,14H2. The summed E-state index contributed by atoms with van der Waals surface area (Å²) in [5, 5.41) is 0.290. The van der Waals surface area contributed by atoms with Crippen LogP contribution < -0.4 is 10.5 Å². The Bertz CT molecular complexity index is 560. The summed E-state index contributed by atoms with van der Waals surface area (Å²) in [6.45, 7) is 0.375. The molecule has 0 radical (unpaired) electrons. The van der Waals surface area contributed by atoms with Crippen molar-refractivity contribution in [2.24, 2.45) is 5.73 Å². The van der Waals surface area contributed by atoms with E-state index < -0.39 is 15.8 Å². The van der Waals surface area contributed by atoms with Gasteiger partial charge in [0.25, 0.3) is 0 Å². The van der Waals surface area contributed by atoms with Crippen molar-refractivity contribution in [1.82, 2.24) is 4.72 Å². The Kier molecular flexibility index (Phi) is 5.74. The second-order valence-electron chi connectivity index (χ2n) is 4.38. The van der Waals surface area contributed by atoms with E-state index in [4.69, 9.17) is 5.73 Å². The molecule has 0 amide bonds. The third kappa shape index (κ3) is 4.11. The Hall–Kier alpha value is -0.280. The lowest BCUT2D eigenvalue weighted by atomic mass is 10.2. The molecule has 0 bridgehead atoms. The number of benzene rings is 1. The molecule has 1 aliphatic rings. The molecule has 1 saturated heterocycles. The van der Waals surface area contributed by atoms with E-state index in [9.17, 15) is 12.8 Å². The molecule has 3 N–H and O–H groups in total. The minimum atomic E-state index is -3.60. The lowest BCUT2D eigenvalue weighted by Crippen LogP contribution is -2.33. The Morgan fingerprint density at radius 2 is 2.20 bits per heavy atom. The molecular formula is C12H17FN2O2S3.